The number of nitrogens with one attached hydrogen (secondary N) is 2. The molecule has 0 aliphatic carbocycles. The number of aryl methyl sites for hydroxylation is 2. The molecule has 0 spiro atoms. The van der Waals surface area contributed by atoms with Crippen molar-refractivity contribution in [1.82, 2.24) is 14.8 Å². The van der Waals surface area contributed by atoms with Gasteiger partial charge in [0.05, 0.1) is 5.57 Å². The first-order valence-corrected chi connectivity index (χ1v) is 15.0. The minimum atomic E-state index is -0.561. The van der Waals surface area contributed by atoms with Crippen LogP contribution in [0.2, 0.25) is 0 Å². The van der Waals surface area contributed by atoms with E-state index in [-0.39, 0.29) is 5.91 Å². The zero-order valence-corrected chi connectivity index (χ0v) is 25.4. The molecule has 2 N–H and O–H groups in total. The van der Waals surface area contributed by atoms with Gasteiger partial charge in [-0.25, -0.2) is 4.68 Å². The van der Waals surface area contributed by atoms with Crippen LogP contribution in [0.25, 0.3) is 0 Å². The van der Waals surface area contributed by atoms with Gasteiger partial charge in [0.15, 0.2) is 0 Å². The summed E-state index contributed by atoms with van der Waals surface area (Å²) in [6, 6.07) is 21.3. The van der Waals surface area contributed by atoms with E-state index in [1.165, 1.54) is 0 Å². The van der Waals surface area contributed by atoms with Gasteiger partial charge in [0.2, 0.25) is 11.1 Å². The average molecular weight is 619 g/mol. The fourth-order valence-electron chi connectivity index (χ4n) is 4.68. The molecule has 1 aromatic heterocycles. The van der Waals surface area contributed by atoms with Crippen LogP contribution in [0.4, 0.5) is 11.6 Å². The molecular formula is C31H32BrN5O2S. The van der Waals surface area contributed by atoms with Gasteiger partial charge in [0.25, 0.3) is 5.91 Å². The molecule has 9 heteroatoms. The second-order valence-corrected chi connectivity index (χ2v) is 11.8. The van der Waals surface area contributed by atoms with Gasteiger partial charge in [0, 0.05) is 27.2 Å². The summed E-state index contributed by atoms with van der Waals surface area (Å²) in [6.45, 7) is 8.51. The molecule has 3 aromatic carbocycles. The number of allylic oxidation sites excluding steroid dienone is 1. The van der Waals surface area contributed by atoms with Gasteiger partial charge in [-0.3, -0.25) is 4.79 Å². The molecule has 1 amide bonds. The van der Waals surface area contributed by atoms with Crippen molar-refractivity contribution in [3.05, 3.63) is 105 Å². The topological polar surface area (TPSA) is 81.1 Å². The number of rotatable bonds is 9. The van der Waals surface area contributed by atoms with E-state index in [1.807, 2.05) is 68.4 Å². The maximum absolute atomic E-state index is 14.0. The lowest BCUT2D eigenvalue weighted by Crippen LogP contribution is -2.31. The highest BCUT2D eigenvalue weighted by Crippen LogP contribution is 2.41. The van der Waals surface area contributed by atoms with Gasteiger partial charge in [0.1, 0.15) is 18.4 Å². The summed E-state index contributed by atoms with van der Waals surface area (Å²) >= 11 is 5.25. The first-order chi connectivity index (χ1) is 19.3. The second kappa shape index (κ2) is 12.3. The van der Waals surface area contributed by atoms with Crippen LogP contribution in [-0.2, 0) is 11.4 Å². The summed E-state index contributed by atoms with van der Waals surface area (Å²) in [5, 5.41) is 11.9. The molecule has 1 aliphatic heterocycles. The number of fused-ring (bicyclic) bond motifs is 1. The number of ether oxygens (including phenoxy) is 1. The zero-order chi connectivity index (χ0) is 28.2. The number of halogens is 1. The van der Waals surface area contributed by atoms with Crippen LogP contribution in [0.1, 0.15) is 48.6 Å². The molecule has 7 nitrogen and oxygen atoms in total. The van der Waals surface area contributed by atoms with E-state index < -0.39 is 6.04 Å². The van der Waals surface area contributed by atoms with E-state index in [1.54, 1.807) is 16.4 Å². The van der Waals surface area contributed by atoms with Crippen LogP contribution in [0.15, 0.2) is 87.6 Å². The van der Waals surface area contributed by atoms with E-state index in [0.717, 1.165) is 44.6 Å². The van der Waals surface area contributed by atoms with E-state index in [4.69, 9.17) is 14.8 Å². The average Bonchev–Trinajstić information content (AvgIpc) is 3.33. The van der Waals surface area contributed by atoms with Crippen LogP contribution in [-0.4, -0.2) is 26.4 Å². The van der Waals surface area contributed by atoms with Crippen molar-refractivity contribution in [2.24, 2.45) is 0 Å². The number of anilines is 2. The third-order valence-electron chi connectivity index (χ3n) is 6.70. The summed E-state index contributed by atoms with van der Waals surface area (Å²) in [4.78, 5) is 18.7. The first kappa shape index (κ1) is 28.0. The van der Waals surface area contributed by atoms with Crippen molar-refractivity contribution in [3.63, 3.8) is 0 Å². The molecule has 40 heavy (non-hydrogen) atoms. The van der Waals surface area contributed by atoms with Gasteiger partial charge >= 0.3 is 0 Å². The molecular weight excluding hydrogens is 586 g/mol. The van der Waals surface area contributed by atoms with Crippen molar-refractivity contribution in [3.8, 4) is 5.75 Å². The summed E-state index contributed by atoms with van der Waals surface area (Å²) in [5.41, 5.74) is 6.14. The van der Waals surface area contributed by atoms with E-state index in [0.29, 0.717) is 34.7 Å². The Balaban J connectivity index is 1.59. The standard InChI is InChI=1S/C31H32BrN5O2S/c1-5-15-40-31-35-30-33-21(4)27(29(38)34-24-12-8-9-19(2)16-24)28(37(30)36-31)25-17-23(32)13-14-26(25)39-18-22-11-7-6-10-20(22)3/h6-14,16-17,28H,5,15,18H2,1-4H3,(H,34,38)(H,33,35,36). The Morgan fingerprint density at radius 3 is 2.70 bits per heavy atom. The third kappa shape index (κ3) is 6.10. The maximum atomic E-state index is 14.0. The highest BCUT2D eigenvalue weighted by Gasteiger charge is 2.36. The molecule has 0 saturated heterocycles. The largest absolute Gasteiger partial charge is 0.489 e. The highest BCUT2D eigenvalue weighted by molar-refractivity contribution is 9.10. The van der Waals surface area contributed by atoms with Gasteiger partial charge in [-0.1, -0.05) is 71.0 Å². The van der Waals surface area contributed by atoms with Crippen molar-refractivity contribution in [2.45, 2.75) is 51.9 Å². The van der Waals surface area contributed by atoms with Crippen LogP contribution < -0.4 is 15.4 Å². The van der Waals surface area contributed by atoms with Crippen LogP contribution in [0.3, 0.4) is 0 Å². The van der Waals surface area contributed by atoms with E-state index in [2.05, 4.69) is 52.5 Å². The summed E-state index contributed by atoms with van der Waals surface area (Å²) in [5.74, 6) is 1.96. The summed E-state index contributed by atoms with van der Waals surface area (Å²) in [7, 11) is 0. The fourth-order valence-corrected chi connectivity index (χ4v) is 5.74. The Morgan fingerprint density at radius 1 is 1.10 bits per heavy atom. The van der Waals surface area contributed by atoms with Crippen molar-refractivity contribution in [2.75, 3.05) is 16.4 Å². The lowest BCUT2D eigenvalue weighted by molar-refractivity contribution is -0.113. The predicted octanol–water partition coefficient (Wildman–Crippen LogP) is 7.67. The molecule has 4 aromatic rings. The molecule has 0 saturated carbocycles. The summed E-state index contributed by atoms with van der Waals surface area (Å²) < 4.78 is 9.12. The smallest absolute Gasteiger partial charge is 0.255 e. The number of amides is 1. The minimum absolute atomic E-state index is 0.214. The number of aromatic nitrogens is 3. The SMILES string of the molecule is CCCSc1nc2n(n1)C(c1cc(Br)ccc1OCc1ccccc1C)C(C(=O)Nc1cccc(C)c1)=C(C)N2. The van der Waals surface area contributed by atoms with Crippen LogP contribution in [0.5, 0.6) is 5.75 Å². The Labute approximate surface area is 247 Å². The van der Waals surface area contributed by atoms with Crippen molar-refractivity contribution >= 4 is 45.2 Å². The zero-order valence-electron chi connectivity index (χ0n) is 23.0. The Morgan fingerprint density at radius 2 is 1.93 bits per heavy atom. The number of thioether (sulfide) groups is 1. The van der Waals surface area contributed by atoms with E-state index in [9.17, 15) is 4.79 Å². The van der Waals surface area contributed by atoms with Gasteiger partial charge in [-0.05, 0) is 74.2 Å². The normalized spacial score (nSPS) is 14.5. The van der Waals surface area contributed by atoms with Crippen molar-refractivity contribution < 1.29 is 9.53 Å². The molecule has 206 valence electrons. The number of hydrogen-bond donors (Lipinski definition) is 2. The molecule has 0 fully saturated rings. The molecule has 1 aliphatic rings. The van der Waals surface area contributed by atoms with Crippen molar-refractivity contribution in [1.29, 1.82) is 0 Å². The molecule has 2 heterocycles. The summed E-state index contributed by atoms with van der Waals surface area (Å²) in [6.07, 6.45) is 1.01. The lowest BCUT2D eigenvalue weighted by atomic mass is 9.94. The minimum Gasteiger partial charge on any atom is -0.489 e. The number of benzene rings is 3. The second-order valence-electron chi connectivity index (χ2n) is 9.80. The lowest BCUT2D eigenvalue weighted by Gasteiger charge is -2.30. The molecule has 5 rings (SSSR count). The van der Waals surface area contributed by atoms with Gasteiger partial charge < -0.3 is 15.4 Å². The monoisotopic (exact) mass is 617 g/mol. The number of carbonyl (C=O) groups is 1. The van der Waals surface area contributed by atoms with Gasteiger partial charge in [-0.15, -0.1) is 5.10 Å². The fraction of sp³-hybridized carbons (Fsp3) is 0.258. The third-order valence-corrected chi connectivity index (χ3v) is 8.24. The first-order valence-electron chi connectivity index (χ1n) is 13.3. The quantitative estimate of drug-likeness (QED) is 0.188. The molecule has 1 unspecified atom stereocenters. The van der Waals surface area contributed by atoms with E-state index >= 15 is 0 Å². The Hall–Kier alpha value is -3.56. The highest BCUT2D eigenvalue weighted by atomic mass is 79.9. The number of nitrogens with zero attached hydrogens (tertiary/aromatic N) is 3. The number of carbonyl (C=O) groups excluding carboxylic acids is 1. The molecule has 0 radical (unpaired) electrons. The van der Waals surface area contributed by atoms with Crippen LogP contribution >= 0.6 is 27.7 Å². The Kier molecular flexibility index (Phi) is 8.61. The number of hydrogen-bond acceptors (Lipinski definition) is 6. The van der Waals surface area contributed by atoms with Crippen LogP contribution in [0, 0.1) is 13.8 Å². The molecule has 1 atom stereocenters. The molecule has 0 bridgehead atoms. The predicted molar refractivity (Wildman–Crippen MR) is 165 cm³/mol. The Bertz CT molecular complexity index is 1580. The maximum Gasteiger partial charge on any atom is 0.255 e. The van der Waals surface area contributed by atoms with Gasteiger partial charge in [-0.2, -0.15) is 4.98 Å².